The first kappa shape index (κ1) is 55.5. The molecule has 364 valence electrons. The number of aryl methyl sites for hydroxylation is 1. The van der Waals surface area contributed by atoms with Crippen molar-refractivity contribution in [3.63, 3.8) is 0 Å². The van der Waals surface area contributed by atoms with Gasteiger partial charge < -0.3 is 9.47 Å². The van der Waals surface area contributed by atoms with Crippen LogP contribution in [0, 0.1) is 0 Å². The van der Waals surface area contributed by atoms with Crippen LogP contribution >= 0.6 is 0 Å². The van der Waals surface area contributed by atoms with Crippen molar-refractivity contribution in [3.05, 3.63) is 42.2 Å². The first-order valence-electron chi connectivity index (χ1n) is 17.8. The largest absolute Gasteiger partial charge is 0.493 e. The number of benzene rings is 1. The third-order valence-electron chi connectivity index (χ3n) is 8.49. The molecule has 0 N–H and O–H groups in total. The van der Waals surface area contributed by atoms with Crippen molar-refractivity contribution in [2.75, 3.05) is 19.8 Å². The summed E-state index contributed by atoms with van der Waals surface area (Å²) in [7, 11) is 0. The van der Waals surface area contributed by atoms with Gasteiger partial charge in [-0.2, -0.15) is 101 Å². The molecule has 1 aromatic heterocycles. The third kappa shape index (κ3) is 12.0. The van der Waals surface area contributed by atoms with Gasteiger partial charge in [-0.05, 0) is 55.5 Å². The molecule has 0 saturated carbocycles. The van der Waals surface area contributed by atoms with E-state index in [4.69, 9.17) is 4.74 Å². The van der Waals surface area contributed by atoms with E-state index in [1.807, 2.05) is 6.92 Å². The fraction of sp³-hybridized carbons (Fsp3) is 0.706. The zero-order valence-corrected chi connectivity index (χ0v) is 31.7. The highest BCUT2D eigenvalue weighted by Gasteiger charge is 2.92. The minimum atomic E-state index is -8.93. The van der Waals surface area contributed by atoms with E-state index in [0.717, 1.165) is 43.3 Å². The Balaban J connectivity index is 2.09. The summed E-state index contributed by atoms with van der Waals surface area (Å²) in [6.45, 7) is -2.06. The van der Waals surface area contributed by atoms with Gasteiger partial charge in [0.05, 0.1) is 6.61 Å². The summed E-state index contributed by atoms with van der Waals surface area (Å²) in [4.78, 5) is 8.31. The molecule has 2 rings (SSSR count). The van der Waals surface area contributed by atoms with Crippen LogP contribution in [0.15, 0.2) is 36.7 Å². The maximum absolute atomic E-state index is 14.2. The van der Waals surface area contributed by atoms with Crippen LogP contribution in [0.4, 0.5) is 101 Å². The van der Waals surface area contributed by atoms with Crippen LogP contribution in [0.5, 0.6) is 5.75 Å². The monoisotopic (exact) mass is 970 g/mol. The van der Waals surface area contributed by atoms with E-state index in [9.17, 15) is 101 Å². The van der Waals surface area contributed by atoms with Crippen LogP contribution in [-0.2, 0) is 20.6 Å². The summed E-state index contributed by atoms with van der Waals surface area (Å²) in [6.07, 6.45) is -31.9. The summed E-state index contributed by atoms with van der Waals surface area (Å²) < 4.78 is 322. The van der Waals surface area contributed by atoms with Crippen LogP contribution < -0.4 is 4.74 Å². The number of hydrogen-bond donors (Lipinski definition) is 0. The van der Waals surface area contributed by atoms with Crippen LogP contribution in [0.1, 0.15) is 63.9 Å². The second kappa shape index (κ2) is 19.9. The molecule has 0 radical (unpaired) electrons. The Kier molecular flexibility index (Phi) is 17.5. The van der Waals surface area contributed by atoms with Gasteiger partial charge in [-0.25, -0.2) is 19.4 Å². The molecule has 0 bridgehead atoms. The molecular weight excluding hydrogens is 937 g/mol. The van der Waals surface area contributed by atoms with Crippen molar-refractivity contribution in [2.45, 2.75) is 131 Å². The molecule has 0 aliphatic rings. The molecule has 29 heteroatoms. The lowest BCUT2D eigenvalue weighted by atomic mass is 9.97. The summed E-state index contributed by atoms with van der Waals surface area (Å²) in [6, 6.07) is 6.52. The average molecular weight is 971 g/mol. The molecule has 0 saturated heterocycles. The first-order chi connectivity index (χ1) is 28.4. The Morgan fingerprint density at radius 3 is 1.49 bits per heavy atom. The SMILES string of the molecule is CCCCCCCCc1cc(-c2ncccn2)ccc1OCCCCOCC(F)(F)C(F)(F)C(F)(F)OC(F)(F)C(F)(F)OC(F)(F)C(F)(F)C(F)(F)C(F)(F)C(F)(F)C(F)(F)F. The van der Waals surface area contributed by atoms with Gasteiger partial charge in [-0.3, -0.25) is 0 Å². The molecule has 0 aliphatic heterocycles. The van der Waals surface area contributed by atoms with Crippen LogP contribution in [0.3, 0.4) is 0 Å². The zero-order chi connectivity index (χ0) is 48.8. The fourth-order valence-electron chi connectivity index (χ4n) is 4.91. The van der Waals surface area contributed by atoms with Gasteiger partial charge in [-0.15, -0.1) is 0 Å². The van der Waals surface area contributed by atoms with E-state index in [1.165, 1.54) is 17.1 Å². The maximum Gasteiger partial charge on any atom is 0.460 e. The number of aromatic nitrogens is 2. The zero-order valence-electron chi connectivity index (χ0n) is 31.7. The second-order valence-electron chi connectivity index (χ2n) is 13.4. The van der Waals surface area contributed by atoms with E-state index < -0.39 is 79.4 Å². The Hall–Kier alpha value is -3.63. The molecule has 63 heavy (non-hydrogen) atoms. The van der Waals surface area contributed by atoms with E-state index in [0.29, 0.717) is 29.1 Å². The van der Waals surface area contributed by atoms with Crippen LogP contribution in [0.2, 0.25) is 0 Å². The van der Waals surface area contributed by atoms with Crippen molar-refractivity contribution in [1.29, 1.82) is 0 Å². The summed E-state index contributed by atoms with van der Waals surface area (Å²) in [5.74, 6) is -48.2. The van der Waals surface area contributed by atoms with Crippen molar-refractivity contribution >= 4 is 0 Å². The average Bonchev–Trinajstić information content (AvgIpc) is 3.14. The van der Waals surface area contributed by atoms with E-state index in [-0.39, 0.29) is 19.4 Å². The summed E-state index contributed by atoms with van der Waals surface area (Å²) in [5, 5.41) is 0. The number of hydrogen-bond acceptors (Lipinski definition) is 6. The van der Waals surface area contributed by atoms with Crippen LogP contribution in [-0.4, -0.2) is 95.9 Å². The van der Waals surface area contributed by atoms with Gasteiger partial charge in [0.25, 0.3) is 0 Å². The van der Waals surface area contributed by atoms with Crippen molar-refractivity contribution in [1.82, 2.24) is 9.97 Å². The molecule has 2 aromatic rings. The molecule has 0 aliphatic carbocycles. The Bertz CT molecular complexity index is 1740. The highest BCUT2D eigenvalue weighted by molar-refractivity contribution is 5.58. The van der Waals surface area contributed by atoms with E-state index in [1.54, 1.807) is 24.3 Å². The molecule has 0 amide bonds. The highest BCUT2D eigenvalue weighted by atomic mass is 19.4. The molecule has 1 heterocycles. The van der Waals surface area contributed by atoms with Gasteiger partial charge in [0.15, 0.2) is 5.82 Å². The molecule has 0 atom stereocenters. The normalized spacial score (nSPS) is 14.7. The number of alkyl halides is 23. The van der Waals surface area contributed by atoms with E-state index >= 15 is 0 Å². The number of rotatable bonds is 27. The maximum atomic E-state index is 14.2. The smallest absolute Gasteiger partial charge is 0.460 e. The molecule has 0 unspecified atom stereocenters. The summed E-state index contributed by atoms with van der Waals surface area (Å²) >= 11 is 0. The Morgan fingerprint density at radius 2 is 0.968 bits per heavy atom. The van der Waals surface area contributed by atoms with Crippen molar-refractivity contribution < 1.29 is 120 Å². The fourth-order valence-corrected chi connectivity index (χ4v) is 4.91. The summed E-state index contributed by atoms with van der Waals surface area (Å²) in [5.41, 5.74) is 1.33. The van der Waals surface area contributed by atoms with Crippen molar-refractivity contribution in [2.24, 2.45) is 0 Å². The van der Waals surface area contributed by atoms with Gasteiger partial charge in [0.2, 0.25) is 0 Å². The lowest BCUT2D eigenvalue weighted by Gasteiger charge is -2.40. The molecule has 1 aromatic carbocycles. The topological polar surface area (TPSA) is 62.7 Å². The number of unbranched alkanes of at least 4 members (excludes halogenated alkanes) is 6. The highest BCUT2D eigenvalue weighted by Crippen LogP contribution is 2.62. The standard InChI is InChI=1S/C34H33F23N2O4/c1-2-3-4-5-6-7-11-20-18-21(23-58-14-10-15-59-23)12-13-22(20)61-17-9-8-16-60-19-24(35,36)25(37,38)31(50,51)62-33(54,55)34(56,57)63-32(52,53)29(45,46)27(41,42)26(39,40)28(43,44)30(47,48)49/h10,12-15,18H,2-9,11,16-17,19H2,1H3. The third-order valence-corrected chi connectivity index (χ3v) is 8.49. The molecule has 6 nitrogen and oxygen atoms in total. The second-order valence-corrected chi connectivity index (χ2v) is 13.4. The molecule has 0 fully saturated rings. The predicted octanol–water partition coefficient (Wildman–Crippen LogP) is 13.0. The minimum Gasteiger partial charge on any atom is -0.493 e. The van der Waals surface area contributed by atoms with Gasteiger partial charge >= 0.3 is 66.1 Å². The number of ether oxygens (including phenoxy) is 4. The van der Waals surface area contributed by atoms with Crippen LogP contribution in [0.25, 0.3) is 11.4 Å². The Labute approximate surface area is 340 Å². The van der Waals surface area contributed by atoms with Crippen molar-refractivity contribution in [3.8, 4) is 17.1 Å². The Morgan fingerprint density at radius 1 is 0.492 bits per heavy atom. The quantitative estimate of drug-likeness (QED) is 0.0657. The minimum absolute atomic E-state index is 0.124. The van der Waals surface area contributed by atoms with E-state index in [2.05, 4.69) is 14.7 Å². The van der Waals surface area contributed by atoms with Gasteiger partial charge in [0, 0.05) is 24.6 Å². The van der Waals surface area contributed by atoms with Gasteiger partial charge in [0.1, 0.15) is 12.4 Å². The number of nitrogens with zero attached hydrogens (tertiary/aromatic N) is 2. The number of halogens is 23. The lowest BCUT2D eigenvalue weighted by Crippen LogP contribution is -2.71. The first-order valence-corrected chi connectivity index (χ1v) is 17.8. The van der Waals surface area contributed by atoms with Gasteiger partial charge in [-0.1, -0.05) is 39.0 Å². The predicted molar refractivity (Wildman–Crippen MR) is 168 cm³/mol. The molecular formula is C34H33F23N2O4. The lowest BCUT2D eigenvalue weighted by molar-refractivity contribution is -0.556. The molecule has 0 spiro atoms.